The van der Waals surface area contributed by atoms with Gasteiger partial charge in [0.1, 0.15) is 11.1 Å². The standard InChI is InChI=1S/C16H15BrClN3O2/c17-10-3-4-14(12(8-10)15(19)22)21-7-5-11(9-21)23-16-13(18)2-1-6-20-16/h1-4,6,8,11H,5,7,9H2,(H2,19,22). The van der Waals surface area contributed by atoms with Crippen molar-refractivity contribution in [2.24, 2.45) is 5.73 Å². The summed E-state index contributed by atoms with van der Waals surface area (Å²) in [5.41, 5.74) is 6.80. The summed E-state index contributed by atoms with van der Waals surface area (Å²) in [7, 11) is 0. The minimum Gasteiger partial charge on any atom is -0.471 e. The zero-order chi connectivity index (χ0) is 16.4. The number of amides is 1. The minimum atomic E-state index is -0.446. The van der Waals surface area contributed by atoms with E-state index in [0.717, 1.165) is 23.1 Å². The first-order valence-electron chi connectivity index (χ1n) is 7.16. The van der Waals surface area contributed by atoms with Gasteiger partial charge in [0.25, 0.3) is 5.91 Å². The van der Waals surface area contributed by atoms with Gasteiger partial charge in [0, 0.05) is 29.3 Å². The van der Waals surface area contributed by atoms with Crippen LogP contribution in [0.2, 0.25) is 5.02 Å². The van der Waals surface area contributed by atoms with Crippen LogP contribution in [0, 0.1) is 0 Å². The highest BCUT2D eigenvalue weighted by atomic mass is 79.9. The lowest BCUT2D eigenvalue weighted by atomic mass is 10.1. The zero-order valence-corrected chi connectivity index (χ0v) is 14.5. The molecule has 3 rings (SSSR count). The number of carbonyl (C=O) groups excluding carboxylic acids is 1. The smallest absolute Gasteiger partial charge is 0.250 e. The predicted octanol–water partition coefficient (Wildman–Crippen LogP) is 3.25. The van der Waals surface area contributed by atoms with Crippen molar-refractivity contribution in [2.45, 2.75) is 12.5 Å². The molecule has 2 aromatic rings. The molecule has 1 saturated heterocycles. The van der Waals surface area contributed by atoms with Crippen LogP contribution in [-0.2, 0) is 0 Å². The fourth-order valence-electron chi connectivity index (χ4n) is 2.64. The van der Waals surface area contributed by atoms with Gasteiger partial charge < -0.3 is 15.4 Å². The molecule has 0 saturated carbocycles. The van der Waals surface area contributed by atoms with Gasteiger partial charge in [0.15, 0.2) is 0 Å². The Balaban J connectivity index is 1.75. The molecule has 0 bridgehead atoms. The first-order chi connectivity index (χ1) is 11.0. The van der Waals surface area contributed by atoms with Crippen LogP contribution in [0.15, 0.2) is 41.0 Å². The number of carbonyl (C=O) groups is 1. The Morgan fingerprint density at radius 3 is 3.00 bits per heavy atom. The molecule has 1 aliphatic heterocycles. The maximum atomic E-state index is 11.7. The second-order valence-electron chi connectivity index (χ2n) is 5.29. The number of primary amides is 1. The number of nitrogens with two attached hydrogens (primary N) is 1. The molecule has 0 spiro atoms. The van der Waals surface area contributed by atoms with Crippen LogP contribution in [0.3, 0.4) is 0 Å². The first kappa shape index (κ1) is 16.1. The lowest BCUT2D eigenvalue weighted by Gasteiger charge is -2.21. The van der Waals surface area contributed by atoms with Gasteiger partial charge in [-0.25, -0.2) is 4.98 Å². The molecule has 7 heteroatoms. The van der Waals surface area contributed by atoms with Crippen molar-refractivity contribution in [1.82, 2.24) is 4.98 Å². The second-order valence-corrected chi connectivity index (χ2v) is 6.61. The SMILES string of the molecule is NC(=O)c1cc(Br)ccc1N1CCC(Oc2ncccc2Cl)C1. The molecule has 1 aromatic carbocycles. The van der Waals surface area contributed by atoms with Crippen LogP contribution in [-0.4, -0.2) is 30.1 Å². The third-order valence-corrected chi connectivity index (χ3v) is 4.49. The molecule has 1 unspecified atom stereocenters. The molecule has 0 aliphatic carbocycles. The third kappa shape index (κ3) is 3.59. The summed E-state index contributed by atoms with van der Waals surface area (Å²) in [4.78, 5) is 17.9. The Labute approximate surface area is 147 Å². The maximum Gasteiger partial charge on any atom is 0.250 e. The highest BCUT2D eigenvalue weighted by Gasteiger charge is 2.27. The molecular formula is C16H15BrClN3O2. The summed E-state index contributed by atoms with van der Waals surface area (Å²) in [5.74, 6) is -0.00890. The highest BCUT2D eigenvalue weighted by molar-refractivity contribution is 9.10. The molecule has 1 amide bonds. The van der Waals surface area contributed by atoms with Crippen molar-refractivity contribution < 1.29 is 9.53 Å². The summed E-state index contributed by atoms with van der Waals surface area (Å²) < 4.78 is 6.69. The van der Waals surface area contributed by atoms with E-state index in [1.807, 2.05) is 12.1 Å². The number of hydrogen-bond acceptors (Lipinski definition) is 4. The van der Waals surface area contributed by atoms with E-state index < -0.39 is 5.91 Å². The molecule has 1 atom stereocenters. The van der Waals surface area contributed by atoms with Gasteiger partial charge in [0.2, 0.25) is 5.88 Å². The number of benzene rings is 1. The number of anilines is 1. The third-order valence-electron chi connectivity index (χ3n) is 3.71. The van der Waals surface area contributed by atoms with E-state index in [0.29, 0.717) is 23.0 Å². The van der Waals surface area contributed by atoms with Gasteiger partial charge in [-0.3, -0.25) is 4.79 Å². The van der Waals surface area contributed by atoms with Gasteiger partial charge >= 0.3 is 0 Å². The average molecular weight is 397 g/mol. The number of aromatic nitrogens is 1. The van der Waals surface area contributed by atoms with Gasteiger partial charge in [-0.05, 0) is 30.3 Å². The Hall–Kier alpha value is -1.79. The summed E-state index contributed by atoms with van der Waals surface area (Å²) >= 11 is 9.44. The number of nitrogens with zero attached hydrogens (tertiary/aromatic N) is 2. The van der Waals surface area contributed by atoms with Gasteiger partial charge in [0.05, 0.1) is 12.1 Å². The van der Waals surface area contributed by atoms with E-state index in [-0.39, 0.29) is 6.10 Å². The molecule has 1 fully saturated rings. The van der Waals surface area contributed by atoms with Crippen LogP contribution in [0.1, 0.15) is 16.8 Å². The summed E-state index contributed by atoms with van der Waals surface area (Å²) in [6.07, 6.45) is 2.43. The Morgan fingerprint density at radius 1 is 1.43 bits per heavy atom. The number of halogens is 2. The highest BCUT2D eigenvalue weighted by Crippen LogP contribution is 2.29. The summed E-state index contributed by atoms with van der Waals surface area (Å²) in [6.45, 7) is 1.42. The van der Waals surface area contributed by atoms with Crippen molar-refractivity contribution in [3.63, 3.8) is 0 Å². The lowest BCUT2D eigenvalue weighted by molar-refractivity contribution is 0.100. The Morgan fingerprint density at radius 2 is 2.26 bits per heavy atom. The summed E-state index contributed by atoms with van der Waals surface area (Å²) in [5, 5.41) is 0.493. The van der Waals surface area contributed by atoms with Gasteiger partial charge in [-0.2, -0.15) is 0 Å². The molecule has 5 nitrogen and oxygen atoms in total. The van der Waals surface area contributed by atoms with Crippen molar-refractivity contribution in [3.8, 4) is 5.88 Å². The number of ether oxygens (including phenoxy) is 1. The fourth-order valence-corrected chi connectivity index (χ4v) is 3.17. The van der Waals surface area contributed by atoms with E-state index in [9.17, 15) is 4.79 Å². The molecule has 0 radical (unpaired) electrons. The predicted molar refractivity (Wildman–Crippen MR) is 93.2 cm³/mol. The Kier molecular flexibility index (Phi) is 4.73. The molecule has 1 aliphatic rings. The van der Waals surface area contributed by atoms with Crippen molar-refractivity contribution in [3.05, 3.63) is 51.6 Å². The van der Waals surface area contributed by atoms with Gasteiger partial charge in [-0.15, -0.1) is 0 Å². The van der Waals surface area contributed by atoms with E-state index in [4.69, 9.17) is 22.1 Å². The lowest BCUT2D eigenvalue weighted by Crippen LogP contribution is -2.27. The summed E-state index contributed by atoms with van der Waals surface area (Å²) in [6, 6.07) is 9.03. The van der Waals surface area contributed by atoms with E-state index >= 15 is 0 Å². The number of rotatable bonds is 4. The molecule has 2 heterocycles. The van der Waals surface area contributed by atoms with E-state index in [1.165, 1.54) is 0 Å². The molecular weight excluding hydrogens is 382 g/mol. The average Bonchev–Trinajstić information content (AvgIpc) is 2.98. The van der Waals surface area contributed by atoms with E-state index in [2.05, 4.69) is 25.8 Å². The fraction of sp³-hybridized carbons (Fsp3) is 0.250. The van der Waals surface area contributed by atoms with Crippen LogP contribution >= 0.6 is 27.5 Å². The monoisotopic (exact) mass is 395 g/mol. The normalized spacial score (nSPS) is 17.3. The Bertz CT molecular complexity index is 741. The minimum absolute atomic E-state index is 0.0354. The van der Waals surface area contributed by atoms with Crippen molar-refractivity contribution in [1.29, 1.82) is 0 Å². The van der Waals surface area contributed by atoms with Crippen LogP contribution < -0.4 is 15.4 Å². The van der Waals surface area contributed by atoms with E-state index in [1.54, 1.807) is 24.4 Å². The largest absolute Gasteiger partial charge is 0.471 e. The number of hydrogen-bond donors (Lipinski definition) is 1. The molecule has 1 aromatic heterocycles. The quantitative estimate of drug-likeness (QED) is 0.861. The van der Waals surface area contributed by atoms with Crippen LogP contribution in [0.4, 0.5) is 5.69 Å². The zero-order valence-electron chi connectivity index (χ0n) is 12.2. The molecule has 2 N–H and O–H groups in total. The molecule has 120 valence electrons. The van der Waals surface area contributed by atoms with Crippen molar-refractivity contribution in [2.75, 3.05) is 18.0 Å². The molecule has 23 heavy (non-hydrogen) atoms. The van der Waals surface area contributed by atoms with Crippen LogP contribution in [0.5, 0.6) is 5.88 Å². The van der Waals surface area contributed by atoms with Crippen molar-refractivity contribution >= 4 is 39.1 Å². The number of pyridine rings is 1. The second kappa shape index (κ2) is 6.76. The first-order valence-corrected chi connectivity index (χ1v) is 8.33. The topological polar surface area (TPSA) is 68.5 Å². The van der Waals surface area contributed by atoms with Crippen LogP contribution in [0.25, 0.3) is 0 Å². The maximum absolute atomic E-state index is 11.7. The van der Waals surface area contributed by atoms with Gasteiger partial charge in [-0.1, -0.05) is 27.5 Å².